The summed E-state index contributed by atoms with van der Waals surface area (Å²) in [5.74, 6) is 0.834. The molecule has 1 aliphatic heterocycles. The average molecular weight is 247 g/mol. The minimum absolute atomic E-state index is 0.252. The van der Waals surface area contributed by atoms with Crippen molar-refractivity contribution in [3.63, 3.8) is 0 Å². The molecule has 0 aromatic carbocycles. The fourth-order valence-electron chi connectivity index (χ4n) is 2.95. The summed E-state index contributed by atoms with van der Waals surface area (Å²) in [6, 6.07) is 0. The Bertz CT molecular complexity index is 501. The zero-order valence-corrected chi connectivity index (χ0v) is 10.5. The molecule has 0 amide bonds. The number of rotatable bonds is 2. The molecule has 3 rings (SSSR count). The molecule has 2 heterocycles. The van der Waals surface area contributed by atoms with Gasteiger partial charge in [0.15, 0.2) is 0 Å². The lowest BCUT2D eigenvalue weighted by atomic mass is 10.1. The summed E-state index contributed by atoms with van der Waals surface area (Å²) >= 11 is 0. The van der Waals surface area contributed by atoms with Gasteiger partial charge in [-0.1, -0.05) is 0 Å². The van der Waals surface area contributed by atoms with Crippen molar-refractivity contribution in [2.75, 3.05) is 18.0 Å². The van der Waals surface area contributed by atoms with Gasteiger partial charge in [0.1, 0.15) is 11.6 Å². The first kappa shape index (κ1) is 11.4. The van der Waals surface area contributed by atoms with Crippen LogP contribution < -0.4 is 4.90 Å². The Labute approximate surface area is 106 Å². The summed E-state index contributed by atoms with van der Waals surface area (Å²) in [5, 5.41) is 9.07. The maximum absolute atomic E-state index is 11.0. The van der Waals surface area contributed by atoms with Crippen molar-refractivity contribution in [3.8, 4) is 0 Å². The zero-order valence-electron chi connectivity index (χ0n) is 10.5. The lowest BCUT2D eigenvalue weighted by molar-refractivity contribution is -0.140. The van der Waals surface area contributed by atoms with E-state index in [2.05, 4.69) is 14.9 Å². The van der Waals surface area contributed by atoms with Crippen LogP contribution in [0.1, 0.15) is 29.9 Å². The first-order valence-corrected chi connectivity index (χ1v) is 6.49. The van der Waals surface area contributed by atoms with E-state index < -0.39 is 5.97 Å². The molecule has 96 valence electrons. The van der Waals surface area contributed by atoms with Gasteiger partial charge in [-0.15, -0.1) is 0 Å². The average Bonchev–Trinajstić information content (AvgIpc) is 2.95. The highest BCUT2D eigenvalue weighted by molar-refractivity contribution is 5.72. The van der Waals surface area contributed by atoms with Gasteiger partial charge in [-0.05, 0) is 32.6 Å². The molecular weight excluding hydrogens is 230 g/mol. The van der Waals surface area contributed by atoms with E-state index in [1.54, 1.807) is 0 Å². The van der Waals surface area contributed by atoms with E-state index in [1.807, 2.05) is 6.92 Å². The van der Waals surface area contributed by atoms with Crippen molar-refractivity contribution in [3.05, 3.63) is 17.1 Å². The predicted molar refractivity (Wildman–Crippen MR) is 66.7 cm³/mol. The van der Waals surface area contributed by atoms with Gasteiger partial charge in [-0.25, -0.2) is 9.97 Å². The molecule has 0 spiro atoms. The molecule has 0 bridgehead atoms. The molecule has 1 aromatic rings. The van der Waals surface area contributed by atoms with E-state index in [9.17, 15) is 4.79 Å². The van der Waals surface area contributed by atoms with E-state index >= 15 is 0 Å². The van der Waals surface area contributed by atoms with Gasteiger partial charge in [-0.3, -0.25) is 4.79 Å². The summed E-state index contributed by atoms with van der Waals surface area (Å²) in [4.78, 5) is 22.2. The first-order valence-electron chi connectivity index (χ1n) is 6.49. The first-order chi connectivity index (χ1) is 8.65. The molecule has 1 fully saturated rings. The van der Waals surface area contributed by atoms with Crippen LogP contribution in [0.15, 0.2) is 0 Å². The van der Waals surface area contributed by atoms with Gasteiger partial charge in [-0.2, -0.15) is 0 Å². The minimum Gasteiger partial charge on any atom is -0.481 e. The summed E-state index contributed by atoms with van der Waals surface area (Å²) in [6.45, 7) is 3.28. The number of aromatic nitrogens is 2. The Hall–Kier alpha value is -1.65. The summed E-state index contributed by atoms with van der Waals surface area (Å²) < 4.78 is 0. The predicted octanol–water partition coefficient (Wildman–Crippen LogP) is 1.18. The number of hydrogen-bond donors (Lipinski definition) is 1. The summed E-state index contributed by atoms with van der Waals surface area (Å²) in [5.41, 5.74) is 2.41. The number of nitrogens with zero attached hydrogens (tertiary/aromatic N) is 3. The SMILES string of the molecule is Cc1nc2c(c(N3CC[C@@H](C(=O)O)C3)n1)CCC2. The normalized spacial score (nSPS) is 22.3. The van der Waals surface area contributed by atoms with Crippen LogP contribution in [0.5, 0.6) is 0 Å². The van der Waals surface area contributed by atoms with Crippen LogP contribution in [0.25, 0.3) is 0 Å². The molecule has 1 atom stereocenters. The maximum Gasteiger partial charge on any atom is 0.308 e. The molecule has 1 aromatic heterocycles. The Morgan fingerprint density at radius 1 is 1.39 bits per heavy atom. The van der Waals surface area contributed by atoms with Gasteiger partial charge in [0.25, 0.3) is 0 Å². The Morgan fingerprint density at radius 3 is 2.94 bits per heavy atom. The van der Waals surface area contributed by atoms with E-state index in [4.69, 9.17) is 5.11 Å². The number of carbonyl (C=O) groups is 1. The molecular formula is C13H17N3O2. The van der Waals surface area contributed by atoms with Crippen LogP contribution >= 0.6 is 0 Å². The van der Waals surface area contributed by atoms with Crippen molar-refractivity contribution < 1.29 is 9.90 Å². The second kappa shape index (κ2) is 4.23. The highest BCUT2D eigenvalue weighted by Crippen LogP contribution is 2.31. The van der Waals surface area contributed by atoms with Gasteiger partial charge < -0.3 is 10.0 Å². The van der Waals surface area contributed by atoms with Crippen molar-refractivity contribution in [1.82, 2.24) is 9.97 Å². The highest BCUT2D eigenvalue weighted by atomic mass is 16.4. The number of anilines is 1. The monoisotopic (exact) mass is 247 g/mol. The molecule has 1 aliphatic carbocycles. The van der Waals surface area contributed by atoms with Gasteiger partial charge >= 0.3 is 5.97 Å². The molecule has 18 heavy (non-hydrogen) atoms. The molecule has 5 heteroatoms. The van der Waals surface area contributed by atoms with Crippen molar-refractivity contribution in [1.29, 1.82) is 0 Å². The van der Waals surface area contributed by atoms with E-state index in [0.717, 1.165) is 43.1 Å². The molecule has 5 nitrogen and oxygen atoms in total. The smallest absolute Gasteiger partial charge is 0.308 e. The van der Waals surface area contributed by atoms with Gasteiger partial charge in [0.2, 0.25) is 0 Å². The van der Waals surface area contributed by atoms with E-state index in [-0.39, 0.29) is 5.92 Å². The maximum atomic E-state index is 11.0. The largest absolute Gasteiger partial charge is 0.481 e. The Kier molecular flexibility index (Phi) is 2.69. The minimum atomic E-state index is -0.695. The number of fused-ring (bicyclic) bond motifs is 1. The van der Waals surface area contributed by atoms with Crippen LogP contribution in [-0.2, 0) is 17.6 Å². The molecule has 0 radical (unpaired) electrons. The highest BCUT2D eigenvalue weighted by Gasteiger charge is 2.31. The number of carboxylic acid groups (broad SMARTS) is 1. The lowest BCUT2D eigenvalue weighted by Crippen LogP contribution is -2.25. The van der Waals surface area contributed by atoms with Crippen molar-refractivity contribution in [2.45, 2.75) is 32.6 Å². The number of hydrogen-bond acceptors (Lipinski definition) is 4. The van der Waals surface area contributed by atoms with Gasteiger partial charge in [0.05, 0.1) is 5.92 Å². The zero-order chi connectivity index (χ0) is 12.7. The van der Waals surface area contributed by atoms with Crippen LogP contribution in [-0.4, -0.2) is 34.1 Å². The van der Waals surface area contributed by atoms with Crippen LogP contribution in [0.3, 0.4) is 0 Å². The molecule has 0 unspecified atom stereocenters. The number of aryl methyl sites for hydroxylation is 2. The third-order valence-electron chi connectivity index (χ3n) is 3.86. The van der Waals surface area contributed by atoms with Crippen LogP contribution in [0.4, 0.5) is 5.82 Å². The van der Waals surface area contributed by atoms with E-state index in [1.165, 1.54) is 5.56 Å². The Balaban J connectivity index is 1.91. The Morgan fingerprint density at radius 2 is 2.22 bits per heavy atom. The van der Waals surface area contributed by atoms with Crippen LogP contribution in [0.2, 0.25) is 0 Å². The molecule has 1 saturated heterocycles. The second-order valence-electron chi connectivity index (χ2n) is 5.14. The second-order valence-corrected chi connectivity index (χ2v) is 5.14. The number of aliphatic carboxylic acids is 1. The standard InChI is InChI=1S/C13H17N3O2/c1-8-14-11-4-2-3-10(11)12(15-8)16-6-5-9(7-16)13(17)18/h9H,2-7H2,1H3,(H,17,18)/t9-/m1/s1. The lowest BCUT2D eigenvalue weighted by Gasteiger charge is -2.20. The molecule has 2 aliphatic rings. The fourth-order valence-corrected chi connectivity index (χ4v) is 2.95. The van der Waals surface area contributed by atoms with Gasteiger partial charge in [0, 0.05) is 24.3 Å². The summed E-state index contributed by atoms with van der Waals surface area (Å²) in [6.07, 6.45) is 3.91. The van der Waals surface area contributed by atoms with E-state index in [0.29, 0.717) is 13.0 Å². The van der Waals surface area contributed by atoms with Crippen molar-refractivity contribution in [2.24, 2.45) is 5.92 Å². The fraction of sp³-hybridized carbons (Fsp3) is 0.615. The third kappa shape index (κ3) is 1.83. The van der Waals surface area contributed by atoms with Crippen molar-refractivity contribution >= 4 is 11.8 Å². The molecule has 0 saturated carbocycles. The topological polar surface area (TPSA) is 66.3 Å². The quantitative estimate of drug-likeness (QED) is 0.850. The number of carboxylic acids is 1. The summed E-state index contributed by atoms with van der Waals surface area (Å²) in [7, 11) is 0. The third-order valence-corrected chi connectivity index (χ3v) is 3.86. The van der Waals surface area contributed by atoms with Crippen LogP contribution in [0, 0.1) is 12.8 Å². The molecule has 1 N–H and O–H groups in total.